The van der Waals surface area contributed by atoms with Crippen molar-refractivity contribution >= 4 is 5.97 Å². The monoisotopic (exact) mass is 125 g/mol. The lowest BCUT2D eigenvalue weighted by Gasteiger charge is -2.05. The van der Waals surface area contributed by atoms with Crippen LogP contribution in [0.4, 0.5) is 0 Å². The zero-order valence-corrected chi connectivity index (χ0v) is 4.83. The van der Waals surface area contributed by atoms with Gasteiger partial charge in [-0.2, -0.15) is 0 Å². The van der Waals surface area contributed by atoms with Crippen molar-refractivity contribution in [2.45, 2.75) is 0 Å². The number of ether oxygens (including phenoxy) is 1. The first-order chi connectivity index (χ1) is 4.34. The second-order valence-corrected chi connectivity index (χ2v) is 1.62. The smallest absolute Gasteiger partial charge is 0.339 e. The summed E-state index contributed by atoms with van der Waals surface area (Å²) in [6.07, 6.45) is 4.62. The van der Waals surface area contributed by atoms with E-state index in [-0.39, 0.29) is 5.97 Å². The maximum Gasteiger partial charge on any atom is 0.339 e. The molecule has 3 nitrogen and oxygen atoms in total. The van der Waals surface area contributed by atoms with Gasteiger partial charge in [0.05, 0.1) is 5.57 Å². The van der Waals surface area contributed by atoms with E-state index in [0.717, 1.165) is 0 Å². The summed E-state index contributed by atoms with van der Waals surface area (Å²) in [5.74, 6) is -0.347. The first-order valence-electron chi connectivity index (χ1n) is 2.60. The highest BCUT2D eigenvalue weighted by Crippen LogP contribution is 2.03. The summed E-state index contributed by atoms with van der Waals surface area (Å²) >= 11 is 0. The molecular formula is C6H7NO2. The van der Waals surface area contributed by atoms with Gasteiger partial charge in [0.2, 0.25) is 0 Å². The van der Waals surface area contributed by atoms with E-state index in [1.165, 1.54) is 6.20 Å². The molecule has 0 aromatic rings. The van der Waals surface area contributed by atoms with E-state index in [9.17, 15) is 4.79 Å². The van der Waals surface area contributed by atoms with Gasteiger partial charge >= 0.3 is 5.97 Å². The molecule has 9 heavy (non-hydrogen) atoms. The molecule has 1 heterocycles. The summed E-state index contributed by atoms with van der Waals surface area (Å²) in [7, 11) is 0. The Hall–Kier alpha value is -1.25. The zero-order valence-electron chi connectivity index (χ0n) is 4.83. The van der Waals surface area contributed by atoms with Gasteiger partial charge in [-0.1, -0.05) is 0 Å². The highest BCUT2D eigenvalue weighted by atomic mass is 16.5. The van der Waals surface area contributed by atoms with Gasteiger partial charge in [0.25, 0.3) is 0 Å². The topological polar surface area (TPSA) is 52.3 Å². The first kappa shape index (κ1) is 5.88. The number of carbonyl (C=O) groups excluding carboxylic acids is 1. The summed E-state index contributed by atoms with van der Waals surface area (Å²) < 4.78 is 4.61. The maximum absolute atomic E-state index is 10.6. The standard InChI is InChI=1S/C6H7NO2/c7-4-5-2-1-3-9-6(5)8/h1-2,4H,3,7H2. The van der Waals surface area contributed by atoms with Gasteiger partial charge in [0, 0.05) is 6.20 Å². The Morgan fingerprint density at radius 3 is 3.00 bits per heavy atom. The highest BCUT2D eigenvalue weighted by molar-refractivity contribution is 5.92. The van der Waals surface area contributed by atoms with Crippen LogP contribution < -0.4 is 5.73 Å². The number of rotatable bonds is 0. The van der Waals surface area contributed by atoms with Gasteiger partial charge in [-0.25, -0.2) is 4.79 Å². The van der Waals surface area contributed by atoms with Crippen LogP contribution in [-0.4, -0.2) is 12.6 Å². The second kappa shape index (κ2) is 2.35. The van der Waals surface area contributed by atoms with Crippen molar-refractivity contribution in [1.29, 1.82) is 0 Å². The molecule has 0 bridgehead atoms. The minimum absolute atomic E-state index is 0.347. The Morgan fingerprint density at radius 2 is 2.56 bits per heavy atom. The SMILES string of the molecule is NC=C1C=CCOC1=O. The fraction of sp³-hybridized carbons (Fsp3) is 0.167. The van der Waals surface area contributed by atoms with Crippen molar-refractivity contribution in [2.24, 2.45) is 5.73 Å². The molecule has 3 heteroatoms. The third kappa shape index (κ3) is 1.10. The maximum atomic E-state index is 10.6. The molecule has 0 aromatic carbocycles. The van der Waals surface area contributed by atoms with Crippen molar-refractivity contribution in [3.8, 4) is 0 Å². The molecule has 1 rings (SSSR count). The molecule has 0 saturated heterocycles. The van der Waals surface area contributed by atoms with Gasteiger partial charge in [-0.3, -0.25) is 0 Å². The van der Waals surface area contributed by atoms with Crippen LogP contribution in [0.1, 0.15) is 0 Å². The van der Waals surface area contributed by atoms with Gasteiger partial charge in [-0.15, -0.1) is 0 Å². The van der Waals surface area contributed by atoms with Crippen molar-refractivity contribution in [3.63, 3.8) is 0 Å². The predicted octanol–water partition coefficient (Wildman–Crippen LogP) is -0.0580. The third-order valence-corrected chi connectivity index (χ3v) is 1.02. The van der Waals surface area contributed by atoms with Crippen LogP contribution in [-0.2, 0) is 9.53 Å². The van der Waals surface area contributed by atoms with Crippen LogP contribution in [0, 0.1) is 0 Å². The molecule has 0 atom stereocenters. The van der Waals surface area contributed by atoms with E-state index in [4.69, 9.17) is 5.73 Å². The van der Waals surface area contributed by atoms with E-state index in [2.05, 4.69) is 4.74 Å². The molecule has 0 saturated carbocycles. The third-order valence-electron chi connectivity index (χ3n) is 1.02. The predicted molar refractivity (Wildman–Crippen MR) is 32.4 cm³/mol. The average molecular weight is 125 g/mol. The molecule has 2 N–H and O–H groups in total. The number of hydrogen-bond donors (Lipinski definition) is 1. The molecule has 1 aliphatic heterocycles. The Kier molecular flexibility index (Phi) is 1.53. The van der Waals surface area contributed by atoms with Gasteiger partial charge in [0.1, 0.15) is 6.61 Å². The minimum atomic E-state index is -0.347. The Morgan fingerprint density at radius 1 is 1.78 bits per heavy atom. The van der Waals surface area contributed by atoms with Gasteiger partial charge in [-0.05, 0) is 12.2 Å². The molecule has 0 unspecified atom stereocenters. The van der Waals surface area contributed by atoms with Crippen LogP contribution >= 0.6 is 0 Å². The van der Waals surface area contributed by atoms with Gasteiger partial charge in [0.15, 0.2) is 0 Å². The van der Waals surface area contributed by atoms with Crippen molar-refractivity contribution in [2.75, 3.05) is 6.61 Å². The van der Waals surface area contributed by atoms with Gasteiger partial charge < -0.3 is 10.5 Å². The van der Waals surface area contributed by atoms with Crippen molar-refractivity contribution in [3.05, 3.63) is 23.9 Å². The first-order valence-corrected chi connectivity index (χ1v) is 2.60. The van der Waals surface area contributed by atoms with Crippen LogP contribution in [0.5, 0.6) is 0 Å². The molecule has 0 aliphatic carbocycles. The lowest BCUT2D eigenvalue weighted by atomic mass is 10.2. The number of esters is 1. The fourth-order valence-corrected chi connectivity index (χ4v) is 0.574. The van der Waals surface area contributed by atoms with Crippen LogP contribution in [0.3, 0.4) is 0 Å². The highest BCUT2D eigenvalue weighted by Gasteiger charge is 2.09. The summed E-state index contributed by atoms with van der Waals surface area (Å²) in [5, 5.41) is 0. The molecule has 0 radical (unpaired) electrons. The molecule has 0 spiro atoms. The Balaban J connectivity index is 2.81. The van der Waals surface area contributed by atoms with E-state index < -0.39 is 0 Å². The quantitative estimate of drug-likeness (QED) is 0.364. The van der Waals surface area contributed by atoms with E-state index in [1.54, 1.807) is 12.2 Å². The Labute approximate surface area is 52.8 Å². The molecule has 48 valence electrons. The molecule has 0 fully saturated rings. The number of cyclic esters (lactones) is 1. The number of nitrogens with two attached hydrogens (primary N) is 1. The van der Waals surface area contributed by atoms with Crippen LogP contribution in [0.15, 0.2) is 23.9 Å². The minimum Gasteiger partial charge on any atom is -0.458 e. The summed E-state index contributed by atoms with van der Waals surface area (Å²) in [4.78, 5) is 10.6. The second-order valence-electron chi connectivity index (χ2n) is 1.62. The molecular weight excluding hydrogens is 118 g/mol. The summed E-state index contributed by atoms with van der Waals surface area (Å²) in [6.45, 7) is 0.357. The molecule has 0 aromatic heterocycles. The van der Waals surface area contributed by atoms with Crippen molar-refractivity contribution in [1.82, 2.24) is 0 Å². The van der Waals surface area contributed by atoms with Crippen LogP contribution in [0.2, 0.25) is 0 Å². The largest absolute Gasteiger partial charge is 0.458 e. The number of carbonyl (C=O) groups is 1. The lowest BCUT2D eigenvalue weighted by Crippen LogP contribution is -2.11. The molecule has 1 aliphatic rings. The summed E-state index contributed by atoms with van der Waals surface area (Å²) in [6, 6.07) is 0. The summed E-state index contributed by atoms with van der Waals surface area (Å²) in [5.41, 5.74) is 5.50. The van der Waals surface area contributed by atoms with E-state index in [1.807, 2.05) is 0 Å². The fourth-order valence-electron chi connectivity index (χ4n) is 0.574. The number of hydrogen-bond acceptors (Lipinski definition) is 3. The normalized spacial score (nSPS) is 22.2. The average Bonchev–Trinajstić information content (AvgIpc) is 1.89. The van der Waals surface area contributed by atoms with Crippen LogP contribution in [0.25, 0.3) is 0 Å². The van der Waals surface area contributed by atoms with E-state index in [0.29, 0.717) is 12.2 Å². The van der Waals surface area contributed by atoms with E-state index >= 15 is 0 Å². The lowest BCUT2D eigenvalue weighted by molar-refractivity contribution is -0.137. The van der Waals surface area contributed by atoms with Crippen molar-refractivity contribution < 1.29 is 9.53 Å². The Bertz CT molecular complexity index is 181. The molecule has 0 amide bonds. The zero-order chi connectivity index (χ0) is 6.69.